The first-order valence-corrected chi connectivity index (χ1v) is 3.92. The topological polar surface area (TPSA) is 0 Å². The molecule has 0 aliphatic heterocycles. The van der Waals surface area contributed by atoms with E-state index in [0.29, 0.717) is 0 Å². The second-order valence-corrected chi connectivity index (χ2v) is 2.94. The van der Waals surface area contributed by atoms with Gasteiger partial charge in [0.15, 0.2) is 0 Å². The molecule has 0 heterocycles. The van der Waals surface area contributed by atoms with Crippen LogP contribution in [0.2, 0.25) is 0 Å². The number of rotatable bonds is 0. The van der Waals surface area contributed by atoms with Gasteiger partial charge in [0.1, 0.15) is 5.82 Å². The molecule has 2 rings (SSSR count). The van der Waals surface area contributed by atoms with Crippen molar-refractivity contribution < 1.29 is 4.39 Å². The number of aryl methyl sites for hydroxylation is 1. The lowest BCUT2D eigenvalue weighted by Gasteiger charge is -2.00. The zero-order valence-electron chi connectivity index (χ0n) is 6.84. The van der Waals surface area contributed by atoms with E-state index < -0.39 is 0 Å². The molecular weight excluding hydrogens is 151 g/mol. The monoisotopic (exact) mass is 160 g/mol. The van der Waals surface area contributed by atoms with E-state index in [4.69, 9.17) is 0 Å². The predicted octanol–water partition coefficient (Wildman–Crippen LogP) is 3.29. The highest BCUT2D eigenvalue weighted by molar-refractivity contribution is 5.85. The van der Waals surface area contributed by atoms with Crippen LogP contribution in [-0.4, -0.2) is 0 Å². The minimum absolute atomic E-state index is 0.170. The third-order valence-electron chi connectivity index (χ3n) is 2.06. The van der Waals surface area contributed by atoms with Crippen molar-refractivity contribution in [1.82, 2.24) is 0 Å². The molecule has 0 bridgehead atoms. The summed E-state index contributed by atoms with van der Waals surface area (Å²) < 4.78 is 12.8. The quantitative estimate of drug-likeness (QED) is 0.554. The van der Waals surface area contributed by atoms with E-state index in [1.54, 1.807) is 12.1 Å². The maximum Gasteiger partial charge on any atom is 0.123 e. The fraction of sp³-hybridized carbons (Fsp3) is 0.0909. The summed E-state index contributed by atoms with van der Waals surface area (Å²) in [5.74, 6) is -0.170. The molecule has 0 aliphatic carbocycles. The zero-order chi connectivity index (χ0) is 8.55. The molecule has 0 saturated carbocycles. The van der Waals surface area contributed by atoms with Crippen LogP contribution in [0.5, 0.6) is 0 Å². The summed E-state index contributed by atoms with van der Waals surface area (Å²) in [5, 5.41) is 2.09. The Morgan fingerprint density at radius 3 is 2.75 bits per heavy atom. The molecule has 0 aromatic heterocycles. The lowest BCUT2D eigenvalue weighted by Crippen LogP contribution is -1.79. The van der Waals surface area contributed by atoms with E-state index >= 15 is 0 Å². The summed E-state index contributed by atoms with van der Waals surface area (Å²) in [6.07, 6.45) is 0. The van der Waals surface area contributed by atoms with Gasteiger partial charge in [-0.15, -0.1) is 0 Å². The van der Waals surface area contributed by atoms with Crippen LogP contribution >= 0.6 is 0 Å². The van der Waals surface area contributed by atoms with Gasteiger partial charge in [-0.3, -0.25) is 0 Å². The second-order valence-electron chi connectivity index (χ2n) is 2.94. The Labute approximate surface area is 70.6 Å². The Bertz CT molecular complexity index is 418. The molecule has 0 fully saturated rings. The van der Waals surface area contributed by atoms with Crippen LogP contribution in [-0.2, 0) is 0 Å². The van der Waals surface area contributed by atoms with Crippen LogP contribution < -0.4 is 0 Å². The third kappa shape index (κ3) is 1.07. The van der Waals surface area contributed by atoms with Crippen LogP contribution in [0, 0.1) is 12.7 Å². The van der Waals surface area contributed by atoms with Crippen molar-refractivity contribution in [2.75, 3.05) is 0 Å². The van der Waals surface area contributed by atoms with Gasteiger partial charge < -0.3 is 0 Å². The highest BCUT2D eigenvalue weighted by Crippen LogP contribution is 2.18. The lowest BCUT2D eigenvalue weighted by molar-refractivity contribution is 0.629. The van der Waals surface area contributed by atoms with Crippen molar-refractivity contribution in [1.29, 1.82) is 0 Å². The van der Waals surface area contributed by atoms with Crippen LogP contribution in [0.1, 0.15) is 5.56 Å². The van der Waals surface area contributed by atoms with Crippen molar-refractivity contribution in [3.8, 4) is 0 Å². The molecule has 0 saturated heterocycles. The average molecular weight is 160 g/mol. The molecule has 0 nitrogen and oxygen atoms in total. The Balaban J connectivity index is 2.88. The molecule has 0 spiro atoms. The molecule has 60 valence electrons. The van der Waals surface area contributed by atoms with Crippen LogP contribution in [0.15, 0.2) is 36.4 Å². The van der Waals surface area contributed by atoms with Crippen LogP contribution in [0.25, 0.3) is 10.8 Å². The fourth-order valence-corrected chi connectivity index (χ4v) is 1.40. The molecule has 2 aromatic carbocycles. The first-order valence-electron chi connectivity index (χ1n) is 3.92. The number of benzene rings is 2. The molecule has 0 radical (unpaired) electrons. The first kappa shape index (κ1) is 7.29. The van der Waals surface area contributed by atoms with Gasteiger partial charge in [-0.05, 0) is 35.4 Å². The van der Waals surface area contributed by atoms with E-state index in [1.807, 2.05) is 25.1 Å². The van der Waals surface area contributed by atoms with Gasteiger partial charge in [0, 0.05) is 0 Å². The van der Waals surface area contributed by atoms with Crippen LogP contribution in [0.3, 0.4) is 0 Å². The fourth-order valence-electron chi connectivity index (χ4n) is 1.40. The SMILES string of the molecule is Cc1cccc2ccc(F)cc12. The van der Waals surface area contributed by atoms with Crippen molar-refractivity contribution >= 4 is 10.8 Å². The number of hydrogen-bond acceptors (Lipinski definition) is 0. The van der Waals surface area contributed by atoms with Crippen molar-refractivity contribution in [2.24, 2.45) is 0 Å². The van der Waals surface area contributed by atoms with Crippen molar-refractivity contribution in [2.45, 2.75) is 6.92 Å². The lowest BCUT2D eigenvalue weighted by atomic mass is 10.1. The summed E-state index contributed by atoms with van der Waals surface area (Å²) in [4.78, 5) is 0. The summed E-state index contributed by atoms with van der Waals surface area (Å²) >= 11 is 0. The Morgan fingerprint density at radius 1 is 1.08 bits per heavy atom. The molecule has 1 heteroatoms. The molecule has 0 unspecified atom stereocenters. The van der Waals surface area contributed by atoms with Crippen molar-refractivity contribution in [3.63, 3.8) is 0 Å². The van der Waals surface area contributed by atoms with E-state index in [1.165, 1.54) is 6.07 Å². The molecule has 0 amide bonds. The number of hydrogen-bond donors (Lipinski definition) is 0. The van der Waals surface area contributed by atoms with Gasteiger partial charge in [-0.25, -0.2) is 4.39 Å². The average Bonchev–Trinajstić information content (AvgIpc) is 2.07. The van der Waals surface area contributed by atoms with Gasteiger partial charge in [0.05, 0.1) is 0 Å². The Hall–Kier alpha value is -1.37. The summed E-state index contributed by atoms with van der Waals surface area (Å²) in [6, 6.07) is 10.8. The maximum absolute atomic E-state index is 12.8. The van der Waals surface area contributed by atoms with E-state index in [-0.39, 0.29) is 5.82 Å². The highest BCUT2D eigenvalue weighted by atomic mass is 19.1. The molecule has 0 atom stereocenters. The third-order valence-corrected chi connectivity index (χ3v) is 2.06. The molecule has 0 N–H and O–H groups in total. The standard InChI is InChI=1S/C11H9F/c1-8-3-2-4-9-5-6-10(12)7-11(8)9/h2-7H,1H3. The summed E-state index contributed by atoms with van der Waals surface area (Å²) in [5.41, 5.74) is 1.12. The van der Waals surface area contributed by atoms with E-state index in [9.17, 15) is 4.39 Å². The van der Waals surface area contributed by atoms with Crippen molar-refractivity contribution in [3.05, 3.63) is 47.8 Å². The van der Waals surface area contributed by atoms with E-state index in [2.05, 4.69) is 0 Å². The van der Waals surface area contributed by atoms with Crippen LogP contribution in [0.4, 0.5) is 4.39 Å². The normalized spacial score (nSPS) is 10.5. The largest absolute Gasteiger partial charge is 0.207 e. The highest BCUT2D eigenvalue weighted by Gasteiger charge is 1.96. The van der Waals surface area contributed by atoms with Gasteiger partial charge in [-0.2, -0.15) is 0 Å². The summed E-state index contributed by atoms with van der Waals surface area (Å²) in [6.45, 7) is 1.99. The predicted molar refractivity (Wildman–Crippen MR) is 48.6 cm³/mol. The number of fused-ring (bicyclic) bond motifs is 1. The minimum atomic E-state index is -0.170. The van der Waals surface area contributed by atoms with Gasteiger partial charge >= 0.3 is 0 Å². The maximum atomic E-state index is 12.8. The minimum Gasteiger partial charge on any atom is -0.207 e. The van der Waals surface area contributed by atoms with Gasteiger partial charge in [0.25, 0.3) is 0 Å². The number of halogens is 1. The van der Waals surface area contributed by atoms with Gasteiger partial charge in [-0.1, -0.05) is 24.3 Å². The zero-order valence-corrected chi connectivity index (χ0v) is 6.84. The summed E-state index contributed by atoms with van der Waals surface area (Å²) in [7, 11) is 0. The van der Waals surface area contributed by atoms with E-state index in [0.717, 1.165) is 16.3 Å². The first-order chi connectivity index (χ1) is 5.77. The van der Waals surface area contributed by atoms with Gasteiger partial charge in [0.2, 0.25) is 0 Å². The molecule has 0 aliphatic rings. The second kappa shape index (κ2) is 2.59. The Morgan fingerprint density at radius 2 is 1.92 bits per heavy atom. The molecule has 12 heavy (non-hydrogen) atoms. The molecule has 2 aromatic rings. The Kier molecular flexibility index (Phi) is 1.58. The smallest absolute Gasteiger partial charge is 0.123 e. The molecular formula is C11H9F.